The Morgan fingerprint density at radius 2 is 1.71 bits per heavy atom. The maximum Gasteiger partial charge on any atom is 0.429 e. The average molecular weight is 488 g/mol. The van der Waals surface area contributed by atoms with Gasteiger partial charge in [0.05, 0.1) is 29.2 Å². The van der Waals surface area contributed by atoms with Gasteiger partial charge in [-0.3, -0.25) is 9.79 Å². The highest BCUT2D eigenvalue weighted by atomic mass is 35.5. The SMILES string of the molecule is COc1ccc(C)cc1NC(=O)c1ccc(C(CC(=N)C(F)(F)F)=Nc2ccccc2Cl)cc1. The highest BCUT2D eigenvalue weighted by molar-refractivity contribution is 6.33. The van der Waals surface area contributed by atoms with Crippen molar-refractivity contribution in [3.63, 3.8) is 0 Å². The van der Waals surface area contributed by atoms with Gasteiger partial charge in [-0.25, -0.2) is 0 Å². The molecule has 2 N–H and O–H groups in total. The van der Waals surface area contributed by atoms with Crippen LogP contribution >= 0.6 is 11.6 Å². The predicted molar refractivity (Wildman–Crippen MR) is 128 cm³/mol. The van der Waals surface area contributed by atoms with E-state index in [1.54, 1.807) is 36.4 Å². The molecule has 3 aromatic carbocycles. The van der Waals surface area contributed by atoms with Crippen molar-refractivity contribution in [2.75, 3.05) is 12.4 Å². The lowest BCUT2D eigenvalue weighted by Crippen LogP contribution is -2.25. The number of ether oxygens (including phenoxy) is 1. The zero-order chi connectivity index (χ0) is 24.9. The molecular weight excluding hydrogens is 467 g/mol. The van der Waals surface area contributed by atoms with Crippen LogP contribution in [0.5, 0.6) is 5.75 Å². The second-order valence-corrected chi connectivity index (χ2v) is 7.81. The molecule has 3 rings (SSSR count). The topological polar surface area (TPSA) is 74.5 Å². The molecule has 0 fully saturated rings. The van der Waals surface area contributed by atoms with Gasteiger partial charge in [-0.2, -0.15) is 13.2 Å². The van der Waals surface area contributed by atoms with Gasteiger partial charge in [0.15, 0.2) is 0 Å². The molecule has 9 heteroatoms. The van der Waals surface area contributed by atoms with Crippen molar-refractivity contribution >= 4 is 40.3 Å². The lowest BCUT2D eigenvalue weighted by molar-refractivity contribution is -0.0605. The summed E-state index contributed by atoms with van der Waals surface area (Å²) in [6, 6.07) is 17.8. The molecule has 0 aromatic heterocycles. The third kappa shape index (κ3) is 6.23. The molecule has 0 aliphatic rings. The van der Waals surface area contributed by atoms with Crippen molar-refractivity contribution in [2.24, 2.45) is 4.99 Å². The molecule has 0 radical (unpaired) electrons. The van der Waals surface area contributed by atoms with E-state index in [9.17, 15) is 18.0 Å². The van der Waals surface area contributed by atoms with Gasteiger partial charge in [0.25, 0.3) is 5.91 Å². The minimum Gasteiger partial charge on any atom is -0.495 e. The standard InChI is InChI=1S/C25H21ClF3N3O2/c1-15-7-12-22(34-2)21(13-15)32-24(33)17-10-8-16(9-11-17)20(14-23(30)25(27,28)29)31-19-6-4-3-5-18(19)26/h3-13,30H,14H2,1-2H3,(H,32,33). The zero-order valence-corrected chi connectivity index (χ0v) is 19.1. The summed E-state index contributed by atoms with van der Waals surface area (Å²) in [6.45, 7) is 1.88. The third-order valence-electron chi connectivity index (χ3n) is 4.88. The number of carbonyl (C=O) groups is 1. The van der Waals surface area contributed by atoms with E-state index in [0.29, 0.717) is 17.0 Å². The van der Waals surface area contributed by atoms with Gasteiger partial charge in [-0.1, -0.05) is 41.9 Å². The molecule has 0 aliphatic carbocycles. The monoisotopic (exact) mass is 487 g/mol. The van der Waals surface area contributed by atoms with E-state index in [0.717, 1.165) is 5.56 Å². The number of nitrogens with zero attached hydrogens (tertiary/aromatic N) is 1. The molecule has 0 saturated heterocycles. The van der Waals surface area contributed by atoms with E-state index < -0.39 is 24.2 Å². The molecule has 176 valence electrons. The first-order chi connectivity index (χ1) is 16.1. The molecule has 0 spiro atoms. The molecule has 0 aliphatic heterocycles. The Labute approximate surface area is 199 Å². The summed E-state index contributed by atoms with van der Waals surface area (Å²) in [5.41, 5.74) is 0.890. The maximum atomic E-state index is 13.0. The fraction of sp³-hybridized carbons (Fsp3) is 0.160. The van der Waals surface area contributed by atoms with Crippen molar-refractivity contribution in [3.05, 3.63) is 88.4 Å². The lowest BCUT2D eigenvalue weighted by Gasteiger charge is -2.13. The number of nitrogens with one attached hydrogen (secondary N) is 2. The lowest BCUT2D eigenvalue weighted by atomic mass is 10.0. The molecule has 0 bridgehead atoms. The number of para-hydroxylation sites is 1. The van der Waals surface area contributed by atoms with Crippen molar-refractivity contribution in [3.8, 4) is 5.75 Å². The summed E-state index contributed by atoms with van der Waals surface area (Å²) in [6.07, 6.45) is -5.53. The summed E-state index contributed by atoms with van der Waals surface area (Å²) < 4.78 is 44.4. The Hall–Kier alpha value is -3.65. The Kier molecular flexibility index (Phi) is 7.73. The smallest absolute Gasteiger partial charge is 0.429 e. The highest BCUT2D eigenvalue weighted by Crippen LogP contribution is 2.28. The summed E-state index contributed by atoms with van der Waals surface area (Å²) in [4.78, 5) is 17.0. The van der Waals surface area contributed by atoms with Crippen molar-refractivity contribution < 1.29 is 22.7 Å². The quantitative estimate of drug-likeness (QED) is 0.352. The number of carbonyl (C=O) groups excluding carboxylic acids is 1. The van der Waals surface area contributed by atoms with Crippen LogP contribution in [0.25, 0.3) is 0 Å². The van der Waals surface area contributed by atoms with Crippen LogP contribution in [0.4, 0.5) is 24.5 Å². The summed E-state index contributed by atoms with van der Waals surface area (Å²) in [5.74, 6) is 0.0819. The normalized spacial score (nSPS) is 11.8. The summed E-state index contributed by atoms with van der Waals surface area (Å²) in [5, 5.41) is 10.5. The zero-order valence-electron chi connectivity index (χ0n) is 18.3. The minimum atomic E-state index is -4.78. The fourth-order valence-corrected chi connectivity index (χ4v) is 3.27. The van der Waals surface area contributed by atoms with Gasteiger partial charge in [0.1, 0.15) is 11.5 Å². The number of benzene rings is 3. The Balaban J connectivity index is 1.90. The van der Waals surface area contributed by atoms with Crippen molar-refractivity contribution in [2.45, 2.75) is 19.5 Å². The number of anilines is 1. The van der Waals surface area contributed by atoms with Gasteiger partial charge in [-0.15, -0.1) is 0 Å². The van der Waals surface area contributed by atoms with E-state index in [2.05, 4.69) is 10.3 Å². The van der Waals surface area contributed by atoms with Gasteiger partial charge < -0.3 is 15.5 Å². The second kappa shape index (κ2) is 10.5. The first-order valence-corrected chi connectivity index (χ1v) is 10.5. The van der Waals surface area contributed by atoms with Gasteiger partial charge >= 0.3 is 6.18 Å². The first-order valence-electron chi connectivity index (χ1n) is 10.1. The number of halogens is 4. The molecule has 0 saturated carbocycles. The van der Waals surface area contributed by atoms with E-state index in [4.69, 9.17) is 21.7 Å². The number of aliphatic imine (C=N–C) groups is 1. The largest absolute Gasteiger partial charge is 0.495 e. The van der Waals surface area contributed by atoms with E-state index in [-0.39, 0.29) is 22.0 Å². The van der Waals surface area contributed by atoms with Crippen molar-refractivity contribution in [1.82, 2.24) is 0 Å². The van der Waals surface area contributed by atoms with Crippen LogP contribution in [0.2, 0.25) is 5.02 Å². The number of amides is 1. The molecule has 0 unspecified atom stereocenters. The van der Waals surface area contributed by atoms with Gasteiger partial charge in [0, 0.05) is 12.0 Å². The maximum absolute atomic E-state index is 13.0. The molecule has 34 heavy (non-hydrogen) atoms. The number of hydrogen-bond donors (Lipinski definition) is 2. The second-order valence-electron chi connectivity index (χ2n) is 7.40. The fourth-order valence-electron chi connectivity index (χ4n) is 3.09. The predicted octanol–water partition coefficient (Wildman–Crippen LogP) is 7.00. The molecule has 0 atom stereocenters. The molecular formula is C25H21ClF3N3O2. The number of methoxy groups -OCH3 is 1. The van der Waals surface area contributed by atoms with Crippen LogP contribution < -0.4 is 10.1 Å². The van der Waals surface area contributed by atoms with Crippen LogP contribution in [0.1, 0.15) is 27.9 Å². The Bertz CT molecular complexity index is 1240. The highest BCUT2D eigenvalue weighted by Gasteiger charge is 2.35. The van der Waals surface area contributed by atoms with E-state index in [1.807, 2.05) is 13.0 Å². The van der Waals surface area contributed by atoms with Crippen LogP contribution in [0.15, 0.2) is 71.7 Å². The number of aryl methyl sites for hydroxylation is 1. The minimum absolute atomic E-state index is 0.00253. The van der Waals surface area contributed by atoms with Crippen molar-refractivity contribution in [1.29, 1.82) is 5.41 Å². The third-order valence-corrected chi connectivity index (χ3v) is 5.20. The molecule has 0 heterocycles. The van der Waals surface area contributed by atoms with E-state index >= 15 is 0 Å². The average Bonchev–Trinajstić information content (AvgIpc) is 2.79. The van der Waals surface area contributed by atoms with Crippen LogP contribution in [0, 0.1) is 12.3 Å². The molecule has 5 nitrogen and oxygen atoms in total. The first kappa shape index (κ1) is 25.0. The van der Waals surface area contributed by atoms with Crippen LogP contribution in [-0.2, 0) is 0 Å². The summed E-state index contributed by atoms with van der Waals surface area (Å²) >= 11 is 6.12. The van der Waals surface area contributed by atoms with E-state index in [1.165, 1.54) is 31.4 Å². The number of alkyl halides is 3. The Morgan fingerprint density at radius 3 is 2.32 bits per heavy atom. The Morgan fingerprint density at radius 1 is 1.06 bits per heavy atom. The van der Waals surface area contributed by atoms with Gasteiger partial charge in [0.2, 0.25) is 0 Å². The summed E-state index contributed by atoms with van der Waals surface area (Å²) in [7, 11) is 1.49. The molecule has 3 aromatic rings. The number of rotatable bonds is 7. The van der Waals surface area contributed by atoms with Crippen LogP contribution in [0.3, 0.4) is 0 Å². The number of hydrogen-bond acceptors (Lipinski definition) is 4. The van der Waals surface area contributed by atoms with Crippen LogP contribution in [-0.4, -0.2) is 30.6 Å². The molecule has 1 amide bonds. The van der Waals surface area contributed by atoms with Gasteiger partial charge in [-0.05, 0) is 54.4 Å².